The normalized spacial score (nSPS) is 19.6. The number of amides is 1. The van der Waals surface area contributed by atoms with Crippen molar-refractivity contribution < 1.29 is 17.9 Å². The van der Waals surface area contributed by atoms with E-state index in [2.05, 4.69) is 10.6 Å². The maximum absolute atomic E-state index is 11.8. The lowest BCUT2D eigenvalue weighted by Crippen LogP contribution is -2.36. The zero-order valence-electron chi connectivity index (χ0n) is 12.3. The summed E-state index contributed by atoms with van der Waals surface area (Å²) in [5.41, 5.74) is 0.714. The Labute approximate surface area is 135 Å². The molecule has 1 atom stereocenters. The summed E-state index contributed by atoms with van der Waals surface area (Å²) in [6.07, 6.45) is 0.732. The van der Waals surface area contributed by atoms with Crippen molar-refractivity contribution in [3.05, 3.63) is 23.2 Å². The van der Waals surface area contributed by atoms with Gasteiger partial charge < -0.3 is 15.4 Å². The van der Waals surface area contributed by atoms with E-state index < -0.39 is 9.84 Å². The summed E-state index contributed by atoms with van der Waals surface area (Å²) in [5.74, 6) is 0.659. The molecule has 1 fully saturated rings. The van der Waals surface area contributed by atoms with Gasteiger partial charge >= 0.3 is 0 Å². The van der Waals surface area contributed by atoms with Crippen LogP contribution in [0, 0.1) is 0 Å². The maximum Gasteiger partial charge on any atom is 0.222 e. The lowest BCUT2D eigenvalue weighted by Gasteiger charge is -2.13. The van der Waals surface area contributed by atoms with Crippen molar-refractivity contribution in [3.8, 4) is 5.75 Å². The first-order chi connectivity index (χ1) is 10.4. The number of sulfone groups is 1. The van der Waals surface area contributed by atoms with E-state index in [4.69, 9.17) is 16.3 Å². The van der Waals surface area contributed by atoms with Crippen LogP contribution in [0.15, 0.2) is 18.2 Å². The maximum atomic E-state index is 11.8. The van der Waals surface area contributed by atoms with E-state index in [0.29, 0.717) is 29.4 Å². The van der Waals surface area contributed by atoms with E-state index in [0.717, 1.165) is 0 Å². The van der Waals surface area contributed by atoms with Crippen LogP contribution in [0.3, 0.4) is 0 Å². The smallest absolute Gasteiger partial charge is 0.222 e. The highest BCUT2D eigenvalue weighted by Crippen LogP contribution is 2.27. The molecule has 8 heteroatoms. The van der Waals surface area contributed by atoms with E-state index >= 15 is 0 Å². The number of ether oxygens (including phenoxy) is 1. The molecule has 1 aromatic carbocycles. The van der Waals surface area contributed by atoms with Crippen LogP contribution >= 0.6 is 11.6 Å². The number of halogens is 1. The van der Waals surface area contributed by atoms with Crippen LogP contribution in [0.2, 0.25) is 5.02 Å². The van der Waals surface area contributed by atoms with Gasteiger partial charge in [0.05, 0.1) is 24.3 Å². The molecule has 0 saturated carbocycles. The predicted octanol–water partition coefficient (Wildman–Crippen LogP) is 1.45. The standard InChI is InChI=1S/C14H19ClN2O4S/c1-21-13-3-2-10(15)8-12(13)16-6-4-14(18)17-11-5-7-22(19,20)9-11/h2-3,8,11,16H,4-7,9H2,1H3,(H,17,18)/t11-/m0/s1. The predicted molar refractivity (Wildman–Crippen MR) is 86.3 cm³/mol. The number of methoxy groups -OCH3 is 1. The second-order valence-corrected chi connectivity index (χ2v) is 7.85. The lowest BCUT2D eigenvalue weighted by molar-refractivity contribution is -0.121. The first kappa shape index (κ1) is 16.9. The Morgan fingerprint density at radius 3 is 2.86 bits per heavy atom. The van der Waals surface area contributed by atoms with E-state index in [1.54, 1.807) is 25.3 Å². The first-order valence-corrected chi connectivity index (χ1v) is 9.17. The van der Waals surface area contributed by atoms with Crippen molar-refractivity contribution in [3.63, 3.8) is 0 Å². The van der Waals surface area contributed by atoms with Crippen LogP contribution in [0.1, 0.15) is 12.8 Å². The highest BCUT2D eigenvalue weighted by molar-refractivity contribution is 7.91. The third-order valence-corrected chi connectivity index (χ3v) is 5.43. The van der Waals surface area contributed by atoms with Gasteiger partial charge in [-0.05, 0) is 24.6 Å². The van der Waals surface area contributed by atoms with Gasteiger partial charge in [-0.25, -0.2) is 8.42 Å². The van der Waals surface area contributed by atoms with Crippen LogP contribution in [0.5, 0.6) is 5.75 Å². The summed E-state index contributed by atoms with van der Waals surface area (Å²) in [7, 11) is -1.42. The van der Waals surface area contributed by atoms with Gasteiger partial charge in [-0.3, -0.25) is 4.79 Å². The fraction of sp³-hybridized carbons (Fsp3) is 0.500. The Morgan fingerprint density at radius 1 is 1.45 bits per heavy atom. The number of nitrogens with one attached hydrogen (secondary N) is 2. The molecule has 122 valence electrons. The minimum Gasteiger partial charge on any atom is -0.495 e. The topological polar surface area (TPSA) is 84.5 Å². The second kappa shape index (κ2) is 7.19. The van der Waals surface area contributed by atoms with Crippen molar-refractivity contribution in [2.45, 2.75) is 18.9 Å². The molecule has 0 aromatic heterocycles. The Hall–Kier alpha value is -1.47. The third-order valence-electron chi connectivity index (χ3n) is 3.43. The fourth-order valence-electron chi connectivity index (χ4n) is 2.34. The van der Waals surface area contributed by atoms with Crippen molar-refractivity contribution in [1.29, 1.82) is 0 Å². The quantitative estimate of drug-likeness (QED) is 0.814. The highest BCUT2D eigenvalue weighted by atomic mass is 35.5. The van der Waals surface area contributed by atoms with Gasteiger partial charge in [0.1, 0.15) is 5.75 Å². The van der Waals surface area contributed by atoms with Crippen molar-refractivity contribution in [2.24, 2.45) is 0 Å². The Bertz CT molecular complexity index is 648. The van der Waals surface area contributed by atoms with E-state index in [9.17, 15) is 13.2 Å². The molecule has 0 spiro atoms. The first-order valence-electron chi connectivity index (χ1n) is 6.97. The van der Waals surface area contributed by atoms with E-state index in [1.165, 1.54) is 0 Å². The molecule has 1 heterocycles. The molecule has 1 aromatic rings. The molecule has 6 nitrogen and oxygen atoms in total. The zero-order chi connectivity index (χ0) is 16.2. The summed E-state index contributed by atoms with van der Waals surface area (Å²) in [4.78, 5) is 11.8. The van der Waals surface area contributed by atoms with Gasteiger partial charge in [0, 0.05) is 24.0 Å². The van der Waals surface area contributed by atoms with Crippen LogP contribution < -0.4 is 15.4 Å². The molecule has 0 bridgehead atoms. The van der Waals surface area contributed by atoms with Crippen LogP contribution in [0.25, 0.3) is 0 Å². The summed E-state index contributed by atoms with van der Waals surface area (Å²) in [5, 5.41) is 6.41. The van der Waals surface area contributed by atoms with Gasteiger partial charge in [0.2, 0.25) is 5.91 Å². The Balaban J connectivity index is 1.79. The van der Waals surface area contributed by atoms with Gasteiger partial charge in [0.15, 0.2) is 9.84 Å². The van der Waals surface area contributed by atoms with Crippen LogP contribution in [0.4, 0.5) is 5.69 Å². The molecule has 1 aliphatic rings. The van der Waals surface area contributed by atoms with Gasteiger partial charge in [-0.15, -0.1) is 0 Å². The molecule has 2 rings (SSSR count). The van der Waals surface area contributed by atoms with Gasteiger partial charge in [-0.1, -0.05) is 11.6 Å². The number of benzene rings is 1. The molecule has 1 amide bonds. The third kappa shape index (κ3) is 4.78. The average molecular weight is 347 g/mol. The molecule has 1 saturated heterocycles. The molecule has 22 heavy (non-hydrogen) atoms. The summed E-state index contributed by atoms with van der Waals surface area (Å²) >= 11 is 5.92. The second-order valence-electron chi connectivity index (χ2n) is 5.19. The molecule has 2 N–H and O–H groups in total. The average Bonchev–Trinajstić information content (AvgIpc) is 2.78. The summed E-state index contributed by atoms with van der Waals surface area (Å²) < 4.78 is 27.9. The molecule has 0 unspecified atom stereocenters. The van der Waals surface area contributed by atoms with E-state index in [-0.39, 0.29) is 29.9 Å². The summed E-state index contributed by atoms with van der Waals surface area (Å²) in [6, 6.07) is 4.92. The minimum atomic E-state index is -2.98. The van der Waals surface area contributed by atoms with E-state index in [1.807, 2.05) is 0 Å². The number of anilines is 1. The number of hydrogen-bond donors (Lipinski definition) is 2. The molecular weight excluding hydrogens is 328 g/mol. The zero-order valence-corrected chi connectivity index (χ0v) is 13.8. The Kier molecular flexibility index (Phi) is 5.52. The lowest BCUT2D eigenvalue weighted by atomic mass is 10.2. The number of carbonyl (C=O) groups excluding carboxylic acids is 1. The molecule has 1 aliphatic heterocycles. The van der Waals surface area contributed by atoms with Crippen molar-refractivity contribution >= 4 is 33.0 Å². The molecular formula is C14H19ClN2O4S. The number of rotatable bonds is 6. The molecule has 0 radical (unpaired) electrons. The largest absolute Gasteiger partial charge is 0.495 e. The van der Waals surface area contributed by atoms with Gasteiger partial charge in [0.25, 0.3) is 0 Å². The monoisotopic (exact) mass is 346 g/mol. The molecule has 0 aliphatic carbocycles. The highest BCUT2D eigenvalue weighted by Gasteiger charge is 2.28. The Morgan fingerprint density at radius 2 is 2.23 bits per heavy atom. The SMILES string of the molecule is COc1ccc(Cl)cc1NCCC(=O)N[C@H]1CCS(=O)(=O)C1. The fourth-order valence-corrected chi connectivity index (χ4v) is 4.18. The number of carbonyl (C=O) groups is 1. The number of hydrogen-bond acceptors (Lipinski definition) is 5. The van der Waals surface area contributed by atoms with Crippen molar-refractivity contribution in [2.75, 3.05) is 30.5 Å². The van der Waals surface area contributed by atoms with Gasteiger partial charge in [-0.2, -0.15) is 0 Å². The minimum absolute atomic E-state index is 0.0360. The van der Waals surface area contributed by atoms with Crippen LogP contribution in [-0.2, 0) is 14.6 Å². The summed E-state index contributed by atoms with van der Waals surface area (Å²) in [6.45, 7) is 0.405. The van der Waals surface area contributed by atoms with Crippen molar-refractivity contribution in [1.82, 2.24) is 5.32 Å². The van der Waals surface area contributed by atoms with Crippen LogP contribution in [-0.4, -0.2) is 45.5 Å².